The third-order valence-electron chi connectivity index (χ3n) is 6.35. The molecule has 38 heavy (non-hydrogen) atoms. The van der Waals surface area contributed by atoms with Crippen LogP contribution in [0, 0.1) is 0 Å². The molecule has 0 fully saturated rings. The number of nitrogens with two attached hydrogens (primary N) is 1. The zero-order valence-electron chi connectivity index (χ0n) is 20.5. The molecule has 0 aliphatic carbocycles. The van der Waals surface area contributed by atoms with Crippen molar-refractivity contribution in [2.24, 2.45) is 5.14 Å². The van der Waals surface area contributed by atoms with E-state index in [0.717, 1.165) is 30.1 Å². The minimum Gasteiger partial charge on any atom is -0.478 e. The van der Waals surface area contributed by atoms with Crippen LogP contribution >= 0.6 is 11.3 Å². The summed E-state index contributed by atoms with van der Waals surface area (Å²) < 4.78 is 30.0. The summed E-state index contributed by atoms with van der Waals surface area (Å²) in [6, 6.07) is 16.2. The fourth-order valence-electron chi connectivity index (χ4n) is 4.53. The highest BCUT2D eigenvalue weighted by molar-refractivity contribution is 7.89. The summed E-state index contributed by atoms with van der Waals surface area (Å²) in [5.74, 6) is -1.14. The van der Waals surface area contributed by atoms with Crippen LogP contribution in [0.2, 0.25) is 0 Å². The fraction of sp³-hybridized carbons (Fsp3) is 0.148. The van der Waals surface area contributed by atoms with E-state index in [1.54, 1.807) is 24.3 Å². The zero-order valence-corrected chi connectivity index (χ0v) is 22.1. The number of carbonyl (C=O) groups is 1. The van der Waals surface area contributed by atoms with Crippen LogP contribution in [-0.4, -0.2) is 37.6 Å². The molecule has 0 radical (unpaired) electrons. The molecule has 3 aromatic carbocycles. The molecule has 0 bridgehead atoms. The second kappa shape index (κ2) is 9.67. The van der Waals surface area contributed by atoms with E-state index >= 15 is 0 Å². The topological polar surface area (TPSA) is 144 Å². The minimum absolute atomic E-state index is 0.0195. The van der Waals surface area contributed by atoms with Crippen molar-refractivity contribution in [3.63, 3.8) is 0 Å². The van der Waals surface area contributed by atoms with Gasteiger partial charge in [0.05, 0.1) is 20.7 Å². The van der Waals surface area contributed by atoms with E-state index in [0.29, 0.717) is 32.3 Å². The van der Waals surface area contributed by atoms with Gasteiger partial charge in [-0.3, -0.25) is 0 Å². The van der Waals surface area contributed by atoms with Crippen molar-refractivity contribution < 1.29 is 22.7 Å². The molecule has 0 amide bonds. The Morgan fingerprint density at radius 2 is 1.79 bits per heavy atom. The first kappa shape index (κ1) is 25.6. The molecule has 0 unspecified atom stereocenters. The van der Waals surface area contributed by atoms with Gasteiger partial charge in [0.25, 0.3) is 0 Å². The number of aromatic carboxylic acids is 1. The number of benzene rings is 3. The maximum absolute atomic E-state index is 13.6. The van der Waals surface area contributed by atoms with E-state index in [2.05, 4.69) is 9.88 Å². The highest BCUT2D eigenvalue weighted by Crippen LogP contribution is 2.41. The number of thiazole rings is 1. The summed E-state index contributed by atoms with van der Waals surface area (Å²) in [4.78, 5) is 32.3. The van der Waals surface area contributed by atoms with Gasteiger partial charge in [-0.05, 0) is 55.8 Å². The molecular formula is C27H23N3O6S2. The molecule has 5 rings (SSSR count). The molecule has 2 heterocycles. The lowest BCUT2D eigenvalue weighted by atomic mass is 9.93. The number of primary sulfonamides is 1. The second-order valence-electron chi connectivity index (χ2n) is 8.54. The molecule has 0 atom stereocenters. The van der Waals surface area contributed by atoms with Gasteiger partial charge in [0.2, 0.25) is 10.0 Å². The van der Waals surface area contributed by atoms with Crippen molar-refractivity contribution in [3.05, 3.63) is 76.6 Å². The number of rotatable bonds is 7. The first-order valence-electron chi connectivity index (χ1n) is 11.7. The Kier molecular flexibility index (Phi) is 6.51. The lowest BCUT2D eigenvalue weighted by molar-refractivity contribution is 0.0697. The van der Waals surface area contributed by atoms with Gasteiger partial charge in [0.15, 0.2) is 0 Å². The van der Waals surface area contributed by atoms with Crippen molar-refractivity contribution in [1.29, 1.82) is 0 Å². The molecule has 194 valence electrons. The van der Waals surface area contributed by atoms with Crippen molar-refractivity contribution in [2.75, 3.05) is 18.0 Å². The van der Waals surface area contributed by atoms with E-state index in [4.69, 9.17) is 9.56 Å². The summed E-state index contributed by atoms with van der Waals surface area (Å²) in [6.45, 7) is 5.56. The average Bonchev–Trinajstić information content (AvgIpc) is 3.31. The van der Waals surface area contributed by atoms with Gasteiger partial charge in [0.1, 0.15) is 16.2 Å². The third-order valence-corrected chi connectivity index (χ3v) is 8.30. The lowest BCUT2D eigenvalue weighted by Crippen LogP contribution is -2.21. The number of hydrogen-bond donors (Lipinski definition) is 2. The molecule has 9 nitrogen and oxygen atoms in total. The van der Waals surface area contributed by atoms with Crippen LogP contribution in [0.15, 0.2) is 74.8 Å². The quantitative estimate of drug-likeness (QED) is 0.272. The molecule has 2 aromatic heterocycles. The van der Waals surface area contributed by atoms with E-state index < -0.39 is 21.6 Å². The number of anilines is 1. The van der Waals surface area contributed by atoms with E-state index in [1.807, 2.05) is 26.0 Å². The number of nitrogens with zero attached hydrogens (tertiary/aromatic N) is 2. The van der Waals surface area contributed by atoms with Crippen LogP contribution < -0.4 is 15.7 Å². The molecule has 0 saturated heterocycles. The number of carboxylic acids is 1. The van der Waals surface area contributed by atoms with Gasteiger partial charge in [-0.1, -0.05) is 18.2 Å². The number of sulfonamides is 1. The molecule has 0 spiro atoms. The number of fused-ring (bicyclic) bond motifs is 2. The van der Waals surface area contributed by atoms with Crippen LogP contribution in [0.4, 0.5) is 5.69 Å². The molecule has 0 saturated carbocycles. The van der Waals surface area contributed by atoms with Crippen LogP contribution in [0.5, 0.6) is 0 Å². The lowest BCUT2D eigenvalue weighted by Gasteiger charge is -2.21. The Hall–Kier alpha value is -4.06. The summed E-state index contributed by atoms with van der Waals surface area (Å²) in [7, 11) is -3.94. The van der Waals surface area contributed by atoms with Crippen LogP contribution in [0.3, 0.4) is 0 Å². The summed E-state index contributed by atoms with van der Waals surface area (Å²) >= 11 is 1.09. The highest BCUT2D eigenvalue weighted by Gasteiger charge is 2.25. The number of aromatic nitrogens is 1. The molecule has 3 N–H and O–H groups in total. The predicted molar refractivity (Wildman–Crippen MR) is 148 cm³/mol. The Morgan fingerprint density at radius 3 is 2.47 bits per heavy atom. The normalized spacial score (nSPS) is 11.8. The Bertz CT molecular complexity index is 1890. The maximum atomic E-state index is 13.6. The van der Waals surface area contributed by atoms with Crippen molar-refractivity contribution in [1.82, 2.24) is 4.98 Å². The molecular weight excluding hydrogens is 526 g/mol. The average molecular weight is 550 g/mol. The fourth-order valence-corrected chi connectivity index (χ4v) is 6.18. The molecule has 11 heteroatoms. The standard InChI is InChI=1S/C27H23N3O6S2/c1-3-30(4-2)15-9-11-19-21(13-15)36-27(33)24(23(19)17-7-5-6-8-18(17)26(31)32)25-29-20-12-10-16(38(28,34)35)14-22(20)37-25/h5-14H,3-4H2,1-2H3,(H,31,32)(H2,28,34,35). The number of hydrogen-bond acceptors (Lipinski definition) is 8. The predicted octanol–water partition coefficient (Wildman–Crippen LogP) is 4.93. The monoisotopic (exact) mass is 549 g/mol. The van der Waals surface area contributed by atoms with E-state index in [9.17, 15) is 23.1 Å². The van der Waals surface area contributed by atoms with Gasteiger partial charge in [-0.2, -0.15) is 0 Å². The minimum atomic E-state index is -3.94. The molecule has 5 aromatic rings. The Labute approximate surface area is 221 Å². The Morgan fingerprint density at radius 1 is 1.05 bits per heavy atom. The SMILES string of the molecule is CCN(CC)c1ccc2c(-c3ccccc3C(=O)O)c(-c3nc4ccc(S(N)(=O)=O)cc4s3)c(=O)oc2c1. The van der Waals surface area contributed by atoms with Gasteiger partial charge in [-0.15, -0.1) is 11.3 Å². The van der Waals surface area contributed by atoms with Crippen LogP contribution in [-0.2, 0) is 10.0 Å². The Balaban J connectivity index is 1.86. The third kappa shape index (κ3) is 4.44. The maximum Gasteiger partial charge on any atom is 0.347 e. The van der Waals surface area contributed by atoms with Crippen LogP contribution in [0.25, 0.3) is 42.9 Å². The van der Waals surface area contributed by atoms with E-state index in [-0.39, 0.29) is 21.0 Å². The highest BCUT2D eigenvalue weighted by atomic mass is 32.2. The first-order chi connectivity index (χ1) is 18.1. The molecule has 0 aliphatic heterocycles. The van der Waals surface area contributed by atoms with Gasteiger partial charge >= 0.3 is 11.6 Å². The second-order valence-corrected chi connectivity index (χ2v) is 11.1. The zero-order chi connectivity index (χ0) is 27.2. The van der Waals surface area contributed by atoms with Crippen molar-refractivity contribution in [2.45, 2.75) is 18.7 Å². The summed E-state index contributed by atoms with van der Waals surface area (Å²) in [5, 5.41) is 16.0. The summed E-state index contributed by atoms with van der Waals surface area (Å²) in [5.41, 5.74) is 1.80. The van der Waals surface area contributed by atoms with Gasteiger partial charge in [-0.25, -0.2) is 28.1 Å². The molecule has 0 aliphatic rings. The van der Waals surface area contributed by atoms with Gasteiger partial charge < -0.3 is 14.4 Å². The van der Waals surface area contributed by atoms with Crippen molar-refractivity contribution in [3.8, 4) is 21.7 Å². The largest absolute Gasteiger partial charge is 0.478 e. The van der Waals surface area contributed by atoms with Gasteiger partial charge in [0, 0.05) is 35.8 Å². The van der Waals surface area contributed by atoms with E-state index in [1.165, 1.54) is 24.3 Å². The summed E-state index contributed by atoms with van der Waals surface area (Å²) in [6.07, 6.45) is 0. The first-order valence-corrected chi connectivity index (χ1v) is 14.1. The van der Waals surface area contributed by atoms with Crippen molar-refractivity contribution >= 4 is 54.2 Å². The van der Waals surface area contributed by atoms with Crippen LogP contribution in [0.1, 0.15) is 24.2 Å². The number of carboxylic acid groups (broad SMARTS) is 1. The smallest absolute Gasteiger partial charge is 0.347 e.